The van der Waals surface area contributed by atoms with Gasteiger partial charge >= 0.3 is 35.8 Å². The summed E-state index contributed by atoms with van der Waals surface area (Å²) in [6, 6.07) is 15.0. The first-order valence-electron chi connectivity index (χ1n) is 21.6. The fourth-order valence-electron chi connectivity index (χ4n) is 5.73. The summed E-state index contributed by atoms with van der Waals surface area (Å²) in [6.07, 6.45) is 6.03. The van der Waals surface area contributed by atoms with Gasteiger partial charge in [0, 0.05) is 30.7 Å². The Hall–Kier alpha value is -9.85. The van der Waals surface area contributed by atoms with Crippen LogP contribution < -0.4 is 37.9 Å². The van der Waals surface area contributed by atoms with Crippen molar-refractivity contribution in [3.63, 3.8) is 0 Å². The van der Waals surface area contributed by atoms with Crippen LogP contribution >= 0.6 is 0 Å². The van der Waals surface area contributed by atoms with Gasteiger partial charge in [-0.3, -0.25) is 4.79 Å². The van der Waals surface area contributed by atoms with Crippen LogP contribution in [0.2, 0.25) is 0 Å². The molecule has 20 heteroatoms. The number of hydrogen-bond acceptors (Lipinski definition) is 20. The molecule has 4 aromatic rings. The minimum Gasteiger partial charge on any atom is -0.486 e. The Bertz CT molecular complexity index is 2550. The van der Waals surface area contributed by atoms with E-state index in [0.29, 0.717) is 22.3 Å². The molecule has 0 saturated carbocycles. The maximum absolute atomic E-state index is 13.8. The molecule has 0 radical (unpaired) electrons. The normalized spacial score (nSPS) is 10.1. The molecule has 0 aromatic heterocycles. The van der Waals surface area contributed by atoms with Crippen molar-refractivity contribution in [3.8, 4) is 57.1 Å². The number of esters is 6. The second kappa shape index (κ2) is 28.7. The predicted molar refractivity (Wildman–Crippen MR) is 263 cm³/mol. The van der Waals surface area contributed by atoms with Crippen LogP contribution in [-0.2, 0) is 47.7 Å². The lowest BCUT2D eigenvalue weighted by Gasteiger charge is -2.18. The molecule has 0 unspecified atom stereocenters. The summed E-state index contributed by atoms with van der Waals surface area (Å²) in [5, 5.41) is 0. The summed E-state index contributed by atoms with van der Waals surface area (Å²) in [4.78, 5) is 86.5. The van der Waals surface area contributed by atoms with Gasteiger partial charge in [0.2, 0.25) is 45.5 Å². The molecule has 0 atom stereocenters. The molecule has 0 aliphatic carbocycles. The zero-order chi connectivity index (χ0) is 54.2. The number of benzene rings is 4. The van der Waals surface area contributed by atoms with E-state index in [1.165, 1.54) is 30.3 Å². The van der Waals surface area contributed by atoms with Gasteiger partial charge in [-0.15, -0.1) is 0 Å². The monoisotopic (exact) mass is 1020 g/mol. The van der Waals surface area contributed by atoms with Gasteiger partial charge in [0.05, 0.1) is 17.7 Å². The minimum atomic E-state index is -0.920. The van der Waals surface area contributed by atoms with Gasteiger partial charge in [-0.05, 0) is 96.8 Å². The van der Waals surface area contributed by atoms with E-state index in [1.807, 2.05) is 0 Å². The summed E-state index contributed by atoms with van der Waals surface area (Å²) in [5.41, 5.74) is 2.17. The minimum absolute atomic E-state index is 0.0578. The molecule has 0 fully saturated rings. The van der Waals surface area contributed by atoms with E-state index >= 15 is 0 Å². The van der Waals surface area contributed by atoms with Crippen LogP contribution in [0.3, 0.4) is 0 Å². The van der Waals surface area contributed by atoms with E-state index < -0.39 is 69.8 Å². The average molecular weight is 1020 g/mol. The smallest absolute Gasteiger partial charge is 0.343 e. The highest BCUT2D eigenvalue weighted by atomic mass is 16.7. The molecule has 0 spiro atoms. The lowest BCUT2D eigenvalue weighted by molar-refractivity contribution is -0.146. The zero-order valence-corrected chi connectivity index (χ0v) is 40.3. The number of allylic oxidation sites excluding steroid dienone is 2. The Morgan fingerprint density at radius 3 is 1.11 bits per heavy atom. The Morgan fingerprint density at radius 1 is 0.419 bits per heavy atom. The van der Waals surface area contributed by atoms with E-state index in [9.17, 15) is 33.6 Å². The quantitative estimate of drug-likeness (QED) is 0.00876. The van der Waals surface area contributed by atoms with Gasteiger partial charge in [0.15, 0.2) is 28.8 Å². The predicted octanol–water partition coefficient (Wildman–Crippen LogP) is 8.25. The molecule has 0 heterocycles. The lowest BCUT2D eigenvalue weighted by Crippen LogP contribution is -2.15. The number of carbonyl (C=O) groups is 7. The van der Waals surface area contributed by atoms with Gasteiger partial charge in [0.25, 0.3) is 0 Å². The van der Waals surface area contributed by atoms with Crippen molar-refractivity contribution in [2.45, 2.75) is 20.3 Å². The van der Waals surface area contributed by atoms with Crippen LogP contribution in [0.1, 0.15) is 38.3 Å². The van der Waals surface area contributed by atoms with E-state index in [-0.39, 0.29) is 81.7 Å². The molecule has 0 aliphatic rings. The maximum Gasteiger partial charge on any atom is 0.343 e. The number of ether oxygens (including phenoxy) is 13. The fourth-order valence-corrected chi connectivity index (χ4v) is 5.73. The van der Waals surface area contributed by atoms with Crippen molar-refractivity contribution < 1.29 is 95.1 Å². The Morgan fingerprint density at radius 2 is 0.770 bits per heavy atom. The summed E-state index contributed by atoms with van der Waals surface area (Å²) < 4.78 is 70.8. The third-order valence-electron chi connectivity index (χ3n) is 9.43. The lowest BCUT2D eigenvalue weighted by atomic mass is 10.0. The summed E-state index contributed by atoms with van der Waals surface area (Å²) >= 11 is 0. The molecule has 20 nitrogen and oxygen atoms in total. The molecule has 0 bridgehead atoms. The standard InChI is InChI=1S/C54H50O20/c1-10-35(9)63-28-64-43-24-38(25-44(65-29-68-47(56)12-3)51(43)62-21-20-40(55)11-2)53(60)73-41-18-16-36(22-33(41)7)37-17-19-42(34(8)23-37)74-54(61)39-26-45(66-30-69-48(57)13-4)52(72-32-71-50(59)15-6)46(27-39)67-31-70-49(58)14-5/h10-19,22-27H,1-6,9,20-21,28-32H2,7-8H3. The molecule has 0 N–H and O–H groups in total. The highest BCUT2D eigenvalue weighted by Gasteiger charge is 2.24. The van der Waals surface area contributed by atoms with E-state index in [4.69, 9.17) is 61.6 Å². The highest BCUT2D eigenvalue weighted by molar-refractivity contribution is 5.94. The van der Waals surface area contributed by atoms with Crippen LogP contribution in [0.15, 0.2) is 149 Å². The van der Waals surface area contributed by atoms with Gasteiger partial charge in [-0.1, -0.05) is 58.2 Å². The Labute approximate surface area is 424 Å². The molecular formula is C54H50O20. The summed E-state index contributed by atoms with van der Waals surface area (Å²) in [5.74, 6) is -5.85. The Balaban J connectivity index is 1.61. The molecule has 0 saturated heterocycles. The van der Waals surface area contributed by atoms with Crippen LogP contribution in [0.4, 0.5) is 0 Å². The molecule has 386 valence electrons. The van der Waals surface area contributed by atoms with Crippen molar-refractivity contribution in [1.29, 1.82) is 0 Å². The van der Waals surface area contributed by atoms with E-state index in [1.54, 1.807) is 50.2 Å². The van der Waals surface area contributed by atoms with Crippen LogP contribution in [0.5, 0.6) is 46.0 Å². The number of rotatable bonds is 31. The average Bonchev–Trinajstić information content (AvgIpc) is 3.39. The van der Waals surface area contributed by atoms with Gasteiger partial charge in [-0.2, -0.15) is 0 Å². The number of ketones is 1. The second-order valence-corrected chi connectivity index (χ2v) is 14.4. The van der Waals surface area contributed by atoms with Crippen LogP contribution in [0.25, 0.3) is 11.1 Å². The summed E-state index contributed by atoms with van der Waals surface area (Å²) in [6.45, 7) is 24.2. The first kappa shape index (κ1) is 56.7. The SMILES string of the molecule is C=CC(=C)OCOc1cc(C(=O)Oc2ccc(-c3ccc(OC(=O)c4cc(OCOC(=O)C=C)c(OCOC(=O)C=C)c(OCOC(=O)C=C)c4)c(C)c3)cc2C)cc(OCOC(=O)C=C)c1OCCC(=O)C=C. The van der Waals surface area contributed by atoms with Gasteiger partial charge in [-0.25, -0.2) is 28.8 Å². The van der Waals surface area contributed by atoms with Gasteiger partial charge in [0.1, 0.15) is 17.3 Å². The zero-order valence-electron chi connectivity index (χ0n) is 40.3. The number of hydrogen-bond donors (Lipinski definition) is 0. The van der Waals surface area contributed by atoms with Crippen molar-refractivity contribution in [3.05, 3.63) is 171 Å². The van der Waals surface area contributed by atoms with Crippen LogP contribution in [-0.4, -0.2) is 82.2 Å². The molecule has 0 aliphatic heterocycles. The third kappa shape index (κ3) is 17.2. The van der Waals surface area contributed by atoms with Crippen molar-refractivity contribution in [1.82, 2.24) is 0 Å². The number of aryl methyl sites for hydroxylation is 2. The van der Waals surface area contributed by atoms with Crippen molar-refractivity contribution >= 4 is 41.6 Å². The van der Waals surface area contributed by atoms with Crippen molar-refractivity contribution in [2.75, 3.05) is 40.6 Å². The molecular weight excluding hydrogens is 969 g/mol. The highest BCUT2D eigenvalue weighted by Crippen LogP contribution is 2.41. The Kier molecular flexibility index (Phi) is 22.0. The van der Waals surface area contributed by atoms with E-state index in [0.717, 1.165) is 30.4 Å². The number of carbonyl (C=O) groups excluding carboxylic acids is 7. The molecule has 4 aromatic carbocycles. The molecule has 0 amide bonds. The summed E-state index contributed by atoms with van der Waals surface area (Å²) in [7, 11) is 0. The van der Waals surface area contributed by atoms with Gasteiger partial charge < -0.3 is 61.6 Å². The molecule has 4 rings (SSSR count). The topological polar surface area (TPSA) is 239 Å². The first-order chi connectivity index (χ1) is 35.5. The third-order valence-corrected chi connectivity index (χ3v) is 9.43. The fraction of sp³-hybridized carbons (Fsp3) is 0.167. The van der Waals surface area contributed by atoms with Crippen LogP contribution in [0, 0.1) is 13.8 Å². The van der Waals surface area contributed by atoms with Crippen molar-refractivity contribution in [2.24, 2.45) is 0 Å². The second-order valence-electron chi connectivity index (χ2n) is 14.4. The molecule has 74 heavy (non-hydrogen) atoms. The maximum atomic E-state index is 13.8. The largest absolute Gasteiger partial charge is 0.486 e. The first-order valence-corrected chi connectivity index (χ1v) is 21.6. The van der Waals surface area contributed by atoms with E-state index in [2.05, 4.69) is 46.1 Å².